The van der Waals surface area contributed by atoms with Crippen LogP contribution in [0, 0.1) is 0 Å². The monoisotopic (exact) mass is 377 g/mol. The molecule has 4 rings (SSSR count). The normalized spacial score (nSPS) is 11.9. The van der Waals surface area contributed by atoms with Crippen molar-refractivity contribution < 1.29 is 14.3 Å². The van der Waals surface area contributed by atoms with Crippen LogP contribution in [0.2, 0.25) is 0 Å². The maximum absolute atomic E-state index is 12.8. The number of pyridine rings is 1. The first-order chi connectivity index (χ1) is 13.6. The molecule has 3 aromatic rings. The Labute approximate surface area is 162 Å². The van der Waals surface area contributed by atoms with Crippen LogP contribution in [0.4, 0.5) is 5.95 Å². The fourth-order valence-electron chi connectivity index (χ4n) is 2.81. The molecule has 0 spiro atoms. The van der Waals surface area contributed by atoms with Crippen LogP contribution in [0.15, 0.2) is 48.9 Å². The molecule has 1 amide bonds. The lowest BCUT2D eigenvalue weighted by Crippen LogP contribution is -2.25. The van der Waals surface area contributed by atoms with Crippen molar-refractivity contribution >= 4 is 11.9 Å². The topological polar surface area (TPSA) is 89.5 Å². The van der Waals surface area contributed by atoms with Crippen molar-refractivity contribution in [2.45, 2.75) is 6.54 Å². The van der Waals surface area contributed by atoms with E-state index < -0.39 is 0 Å². The van der Waals surface area contributed by atoms with E-state index in [2.05, 4.69) is 20.3 Å². The van der Waals surface area contributed by atoms with E-state index in [9.17, 15) is 4.79 Å². The quantitative estimate of drug-likeness (QED) is 0.729. The van der Waals surface area contributed by atoms with Gasteiger partial charge in [0.25, 0.3) is 5.91 Å². The molecule has 8 heteroatoms. The van der Waals surface area contributed by atoms with E-state index in [1.165, 1.54) is 0 Å². The van der Waals surface area contributed by atoms with Gasteiger partial charge in [0, 0.05) is 44.8 Å². The number of rotatable bonds is 5. The number of aromatic nitrogens is 3. The molecule has 0 unspecified atom stereocenters. The number of anilines is 1. The summed E-state index contributed by atoms with van der Waals surface area (Å²) in [5.41, 5.74) is 2.59. The Balaban J connectivity index is 1.58. The first kappa shape index (κ1) is 17.7. The summed E-state index contributed by atoms with van der Waals surface area (Å²) >= 11 is 0. The molecule has 1 aliphatic heterocycles. The Morgan fingerprint density at radius 3 is 2.82 bits per heavy atom. The third-order valence-electron chi connectivity index (χ3n) is 4.25. The number of fused-ring (bicyclic) bond motifs is 1. The maximum atomic E-state index is 12.8. The van der Waals surface area contributed by atoms with Crippen molar-refractivity contribution in [1.82, 2.24) is 20.3 Å². The van der Waals surface area contributed by atoms with E-state index in [0.29, 0.717) is 35.2 Å². The average molecular weight is 377 g/mol. The molecule has 0 saturated carbocycles. The summed E-state index contributed by atoms with van der Waals surface area (Å²) in [4.78, 5) is 27.6. The third kappa shape index (κ3) is 3.57. The van der Waals surface area contributed by atoms with Gasteiger partial charge in [0.2, 0.25) is 12.7 Å². The first-order valence-corrected chi connectivity index (χ1v) is 8.73. The van der Waals surface area contributed by atoms with Gasteiger partial charge in [0.15, 0.2) is 11.5 Å². The number of hydrogen-bond donors (Lipinski definition) is 1. The van der Waals surface area contributed by atoms with Gasteiger partial charge in [-0.3, -0.25) is 9.78 Å². The fourth-order valence-corrected chi connectivity index (χ4v) is 2.81. The zero-order valence-corrected chi connectivity index (χ0v) is 15.5. The molecule has 0 atom stereocenters. The lowest BCUT2D eigenvalue weighted by molar-refractivity contribution is 0.0951. The van der Waals surface area contributed by atoms with Gasteiger partial charge >= 0.3 is 0 Å². The molecule has 3 heterocycles. The summed E-state index contributed by atoms with van der Waals surface area (Å²) in [5, 5.41) is 2.92. The van der Waals surface area contributed by atoms with Gasteiger partial charge < -0.3 is 19.7 Å². The lowest BCUT2D eigenvalue weighted by atomic mass is 10.1. The Bertz CT molecular complexity index is 1010. The van der Waals surface area contributed by atoms with Crippen LogP contribution in [-0.4, -0.2) is 41.7 Å². The van der Waals surface area contributed by atoms with Crippen molar-refractivity contribution in [2.75, 3.05) is 25.8 Å². The highest BCUT2D eigenvalue weighted by molar-refractivity contribution is 5.99. The van der Waals surface area contributed by atoms with Crippen molar-refractivity contribution in [3.8, 4) is 22.8 Å². The van der Waals surface area contributed by atoms with Crippen LogP contribution in [0.25, 0.3) is 11.3 Å². The third-order valence-corrected chi connectivity index (χ3v) is 4.25. The molecule has 8 nitrogen and oxygen atoms in total. The highest BCUT2D eigenvalue weighted by atomic mass is 16.7. The molecule has 0 saturated heterocycles. The lowest BCUT2D eigenvalue weighted by Gasteiger charge is -2.14. The van der Waals surface area contributed by atoms with Gasteiger partial charge in [-0.2, -0.15) is 0 Å². The van der Waals surface area contributed by atoms with Gasteiger partial charge in [-0.05, 0) is 29.8 Å². The molecule has 0 aliphatic carbocycles. The van der Waals surface area contributed by atoms with Crippen molar-refractivity contribution in [3.63, 3.8) is 0 Å². The summed E-state index contributed by atoms with van der Waals surface area (Å²) in [7, 11) is 3.70. The van der Waals surface area contributed by atoms with E-state index in [-0.39, 0.29) is 12.7 Å². The van der Waals surface area contributed by atoms with Gasteiger partial charge in [-0.1, -0.05) is 6.07 Å². The van der Waals surface area contributed by atoms with Crippen molar-refractivity contribution in [1.29, 1.82) is 0 Å². The second-order valence-corrected chi connectivity index (χ2v) is 6.44. The highest BCUT2D eigenvalue weighted by Crippen LogP contribution is 2.32. The summed E-state index contributed by atoms with van der Waals surface area (Å²) < 4.78 is 10.7. The number of nitrogens with one attached hydrogen (secondary N) is 1. The molecule has 142 valence electrons. The Hall–Kier alpha value is -3.68. The summed E-state index contributed by atoms with van der Waals surface area (Å²) in [6.45, 7) is 0.562. The predicted octanol–water partition coefficient (Wildman–Crippen LogP) is 2.26. The number of carbonyl (C=O) groups excluding carboxylic acids is 1. The van der Waals surface area contributed by atoms with Crippen LogP contribution >= 0.6 is 0 Å². The van der Waals surface area contributed by atoms with Crippen molar-refractivity contribution in [2.24, 2.45) is 0 Å². The van der Waals surface area contributed by atoms with E-state index in [4.69, 9.17) is 9.47 Å². The molecular weight excluding hydrogens is 358 g/mol. The van der Waals surface area contributed by atoms with Gasteiger partial charge in [-0.15, -0.1) is 0 Å². The van der Waals surface area contributed by atoms with Gasteiger partial charge in [-0.25, -0.2) is 9.97 Å². The van der Waals surface area contributed by atoms with Gasteiger partial charge in [0.05, 0.1) is 11.3 Å². The SMILES string of the molecule is CN(C)c1ncc(C(=O)NCc2ccc3c(c2)OCO3)c(-c2cccnc2)n1. The molecule has 2 aromatic heterocycles. The standard InChI is InChI=1S/C20H19N5O3/c1-25(2)20-23-11-15(18(24-20)14-4-3-7-21-10-14)19(26)22-9-13-5-6-16-17(8-13)28-12-27-16/h3-8,10-11H,9,12H2,1-2H3,(H,22,26). The second-order valence-electron chi connectivity index (χ2n) is 6.44. The molecule has 0 bridgehead atoms. The largest absolute Gasteiger partial charge is 0.454 e. The summed E-state index contributed by atoms with van der Waals surface area (Å²) in [5.74, 6) is 1.65. The summed E-state index contributed by atoms with van der Waals surface area (Å²) in [6.07, 6.45) is 4.90. The van der Waals surface area contributed by atoms with E-state index in [0.717, 1.165) is 11.1 Å². The smallest absolute Gasteiger partial charge is 0.255 e. The molecule has 28 heavy (non-hydrogen) atoms. The molecule has 0 radical (unpaired) electrons. The van der Waals surface area contributed by atoms with E-state index >= 15 is 0 Å². The maximum Gasteiger partial charge on any atom is 0.255 e. The number of nitrogens with zero attached hydrogens (tertiary/aromatic N) is 4. The molecule has 1 aromatic carbocycles. The number of benzene rings is 1. The number of hydrogen-bond acceptors (Lipinski definition) is 7. The van der Waals surface area contributed by atoms with E-state index in [1.807, 2.05) is 38.4 Å². The number of ether oxygens (including phenoxy) is 2. The number of amides is 1. The van der Waals surface area contributed by atoms with Crippen LogP contribution in [-0.2, 0) is 6.54 Å². The zero-order chi connectivity index (χ0) is 19.5. The second kappa shape index (κ2) is 7.51. The Morgan fingerprint density at radius 1 is 1.18 bits per heavy atom. The van der Waals surface area contributed by atoms with Crippen LogP contribution in [0.5, 0.6) is 11.5 Å². The number of carbonyl (C=O) groups is 1. The van der Waals surface area contributed by atoms with Crippen LogP contribution in [0.1, 0.15) is 15.9 Å². The first-order valence-electron chi connectivity index (χ1n) is 8.73. The molecule has 1 aliphatic rings. The minimum absolute atomic E-state index is 0.217. The van der Waals surface area contributed by atoms with Gasteiger partial charge in [0.1, 0.15) is 0 Å². The highest BCUT2D eigenvalue weighted by Gasteiger charge is 2.18. The molecule has 1 N–H and O–H groups in total. The Kier molecular flexibility index (Phi) is 4.76. The zero-order valence-electron chi connectivity index (χ0n) is 15.5. The Morgan fingerprint density at radius 2 is 2.04 bits per heavy atom. The average Bonchev–Trinajstić information content (AvgIpc) is 3.20. The van der Waals surface area contributed by atoms with Crippen LogP contribution in [0.3, 0.4) is 0 Å². The minimum atomic E-state index is -0.262. The fraction of sp³-hybridized carbons (Fsp3) is 0.200. The molecular formula is C20H19N5O3. The predicted molar refractivity (Wildman–Crippen MR) is 103 cm³/mol. The minimum Gasteiger partial charge on any atom is -0.454 e. The van der Waals surface area contributed by atoms with Crippen LogP contribution < -0.4 is 19.7 Å². The summed E-state index contributed by atoms with van der Waals surface area (Å²) in [6, 6.07) is 9.25. The molecule has 0 fully saturated rings. The van der Waals surface area contributed by atoms with Crippen molar-refractivity contribution in [3.05, 3.63) is 60.0 Å². The van der Waals surface area contributed by atoms with E-state index in [1.54, 1.807) is 29.6 Å².